The van der Waals surface area contributed by atoms with Gasteiger partial charge in [-0.15, -0.1) is 0 Å². The van der Waals surface area contributed by atoms with Crippen molar-refractivity contribution < 1.29 is 19.6 Å². The number of phenols is 1. The first-order chi connectivity index (χ1) is 16.2. The van der Waals surface area contributed by atoms with Crippen LogP contribution in [-0.2, 0) is 11.3 Å². The molecule has 2 N–H and O–H groups in total. The van der Waals surface area contributed by atoms with Gasteiger partial charge in [0.1, 0.15) is 5.75 Å². The van der Waals surface area contributed by atoms with E-state index in [9.17, 15) is 24.8 Å². The van der Waals surface area contributed by atoms with E-state index in [1.165, 1.54) is 30.7 Å². The fourth-order valence-corrected chi connectivity index (χ4v) is 4.08. The molecule has 0 spiro atoms. The number of carbonyl (C=O) groups is 2. The first-order valence-corrected chi connectivity index (χ1v) is 10.6. The minimum absolute atomic E-state index is 0.0336. The molecule has 34 heavy (non-hydrogen) atoms. The van der Waals surface area contributed by atoms with Crippen LogP contribution in [0.15, 0.2) is 55.0 Å². The average molecular weight is 499 g/mol. The monoisotopic (exact) mass is 498 g/mol. The van der Waals surface area contributed by atoms with E-state index >= 15 is 0 Å². The SMILES string of the molecule is Cc1ccc(Cn2cc(C(=O)C(=O)Nc3c(Cl)cncc3Cl)c3cccc(O)c32)cc1[N+](=O)[O-]. The largest absolute Gasteiger partial charge is 0.506 e. The molecular weight excluding hydrogens is 483 g/mol. The van der Waals surface area contributed by atoms with E-state index < -0.39 is 16.6 Å². The molecule has 0 unspecified atom stereocenters. The van der Waals surface area contributed by atoms with Crippen molar-refractivity contribution >= 4 is 57.2 Å². The van der Waals surface area contributed by atoms with Gasteiger partial charge in [0.15, 0.2) is 0 Å². The Balaban J connectivity index is 1.73. The number of carbonyl (C=O) groups excluding carboxylic acids is 2. The topological polar surface area (TPSA) is 127 Å². The molecule has 0 saturated heterocycles. The lowest BCUT2D eigenvalue weighted by Crippen LogP contribution is -2.23. The molecule has 11 heteroatoms. The Bertz CT molecular complexity index is 1460. The molecule has 0 bridgehead atoms. The smallest absolute Gasteiger partial charge is 0.296 e. The highest BCUT2D eigenvalue weighted by atomic mass is 35.5. The van der Waals surface area contributed by atoms with Gasteiger partial charge >= 0.3 is 0 Å². The molecule has 2 heterocycles. The average Bonchev–Trinajstić information content (AvgIpc) is 3.16. The van der Waals surface area contributed by atoms with Gasteiger partial charge in [0.25, 0.3) is 17.4 Å². The van der Waals surface area contributed by atoms with Crippen molar-refractivity contribution in [3.8, 4) is 5.75 Å². The molecule has 2 aromatic carbocycles. The molecule has 9 nitrogen and oxygen atoms in total. The maximum absolute atomic E-state index is 13.1. The lowest BCUT2D eigenvalue weighted by molar-refractivity contribution is -0.385. The summed E-state index contributed by atoms with van der Waals surface area (Å²) in [5.74, 6) is -1.98. The van der Waals surface area contributed by atoms with Crippen molar-refractivity contribution in [1.29, 1.82) is 0 Å². The van der Waals surface area contributed by atoms with Gasteiger partial charge in [-0.25, -0.2) is 0 Å². The highest BCUT2D eigenvalue weighted by Crippen LogP contribution is 2.32. The molecule has 0 aliphatic heterocycles. The molecule has 0 aliphatic carbocycles. The molecule has 0 saturated carbocycles. The number of nitrogens with zero attached hydrogens (tertiary/aromatic N) is 3. The third-order valence-electron chi connectivity index (χ3n) is 5.24. The van der Waals surface area contributed by atoms with Gasteiger partial charge in [-0.3, -0.25) is 24.7 Å². The van der Waals surface area contributed by atoms with Gasteiger partial charge in [0, 0.05) is 42.2 Å². The van der Waals surface area contributed by atoms with Crippen molar-refractivity contribution in [3.05, 3.63) is 91.8 Å². The van der Waals surface area contributed by atoms with Crippen molar-refractivity contribution in [2.75, 3.05) is 5.32 Å². The Morgan fingerprint density at radius 2 is 1.88 bits per heavy atom. The van der Waals surface area contributed by atoms with E-state index in [0.717, 1.165) is 0 Å². The van der Waals surface area contributed by atoms with Crippen LogP contribution in [0.5, 0.6) is 5.75 Å². The summed E-state index contributed by atoms with van der Waals surface area (Å²) in [7, 11) is 0. The lowest BCUT2D eigenvalue weighted by Gasteiger charge is -2.08. The summed E-state index contributed by atoms with van der Waals surface area (Å²) >= 11 is 12.0. The number of ketones is 1. The highest BCUT2D eigenvalue weighted by molar-refractivity contribution is 6.50. The number of nitro benzene ring substituents is 1. The Morgan fingerprint density at radius 1 is 1.18 bits per heavy atom. The van der Waals surface area contributed by atoms with E-state index in [1.807, 2.05) is 0 Å². The third-order valence-corrected chi connectivity index (χ3v) is 5.82. The molecule has 0 atom stereocenters. The molecule has 0 fully saturated rings. The van der Waals surface area contributed by atoms with Crippen molar-refractivity contribution in [2.45, 2.75) is 13.5 Å². The minimum atomic E-state index is -0.983. The van der Waals surface area contributed by atoms with Crippen LogP contribution in [0.2, 0.25) is 10.0 Å². The van der Waals surface area contributed by atoms with Crippen molar-refractivity contribution in [1.82, 2.24) is 9.55 Å². The Kier molecular flexibility index (Phi) is 6.23. The van der Waals surface area contributed by atoms with Crippen LogP contribution in [0.1, 0.15) is 21.5 Å². The third kappa shape index (κ3) is 4.30. The highest BCUT2D eigenvalue weighted by Gasteiger charge is 2.24. The first-order valence-electron chi connectivity index (χ1n) is 9.86. The predicted octanol–water partition coefficient (Wildman–Crippen LogP) is 5.14. The second-order valence-electron chi connectivity index (χ2n) is 7.48. The van der Waals surface area contributed by atoms with Gasteiger partial charge in [-0.2, -0.15) is 0 Å². The number of hydrogen-bond acceptors (Lipinski definition) is 6. The van der Waals surface area contributed by atoms with Crippen LogP contribution in [0.3, 0.4) is 0 Å². The number of fused-ring (bicyclic) bond motifs is 1. The number of pyridine rings is 1. The zero-order valence-electron chi connectivity index (χ0n) is 17.6. The predicted molar refractivity (Wildman–Crippen MR) is 128 cm³/mol. The Hall–Kier alpha value is -3.95. The number of aryl methyl sites for hydroxylation is 1. The number of benzene rings is 2. The number of anilines is 1. The van der Waals surface area contributed by atoms with Crippen LogP contribution in [-0.4, -0.2) is 31.3 Å². The molecule has 2 aromatic heterocycles. The molecule has 0 aliphatic rings. The zero-order valence-corrected chi connectivity index (χ0v) is 19.1. The normalized spacial score (nSPS) is 10.9. The van der Waals surface area contributed by atoms with Crippen molar-refractivity contribution in [2.24, 2.45) is 0 Å². The fourth-order valence-electron chi connectivity index (χ4n) is 3.62. The van der Waals surface area contributed by atoms with Crippen LogP contribution in [0, 0.1) is 17.0 Å². The van der Waals surface area contributed by atoms with E-state index in [0.29, 0.717) is 22.0 Å². The molecule has 4 aromatic rings. The Labute approximate surface area is 202 Å². The quantitative estimate of drug-likeness (QED) is 0.164. The van der Waals surface area contributed by atoms with Crippen LogP contribution >= 0.6 is 23.2 Å². The Morgan fingerprint density at radius 3 is 2.56 bits per heavy atom. The number of halogens is 2. The maximum atomic E-state index is 13.1. The van der Waals surface area contributed by atoms with Crippen LogP contribution < -0.4 is 5.32 Å². The van der Waals surface area contributed by atoms with Gasteiger partial charge < -0.3 is 15.0 Å². The standard InChI is InChI=1S/C23H16Cl2N4O5/c1-12-5-6-13(7-18(12)29(33)34)10-28-11-15(14-3-2-4-19(30)21(14)28)22(31)23(32)27-20-16(24)8-26-9-17(20)25/h2-9,11,30H,10H2,1H3,(H,26,27,32). The number of para-hydroxylation sites is 1. The second-order valence-corrected chi connectivity index (χ2v) is 8.30. The van der Waals surface area contributed by atoms with E-state index in [4.69, 9.17) is 23.2 Å². The summed E-state index contributed by atoms with van der Waals surface area (Å²) in [6.07, 6.45) is 3.98. The molecule has 1 amide bonds. The summed E-state index contributed by atoms with van der Waals surface area (Å²) in [5.41, 5.74) is 1.44. The van der Waals surface area contributed by atoms with E-state index in [2.05, 4.69) is 10.3 Å². The summed E-state index contributed by atoms with van der Waals surface area (Å²) in [4.78, 5) is 40.4. The molecular formula is C23H16Cl2N4O5. The van der Waals surface area contributed by atoms with E-state index in [1.54, 1.807) is 35.8 Å². The summed E-state index contributed by atoms with van der Waals surface area (Å²) in [5, 5.41) is 24.7. The fraction of sp³-hybridized carbons (Fsp3) is 0.0870. The molecule has 4 rings (SSSR count). The lowest BCUT2D eigenvalue weighted by atomic mass is 10.1. The number of phenolic OH excluding ortho intramolecular Hbond substituents is 1. The molecule has 172 valence electrons. The van der Waals surface area contributed by atoms with Gasteiger partial charge in [0.2, 0.25) is 0 Å². The van der Waals surface area contributed by atoms with Crippen LogP contribution in [0.4, 0.5) is 11.4 Å². The summed E-state index contributed by atoms with van der Waals surface area (Å²) in [6, 6.07) is 9.36. The number of nitro groups is 1. The molecule has 0 radical (unpaired) electrons. The second kappa shape index (κ2) is 9.12. The number of rotatable bonds is 6. The number of nitrogens with one attached hydrogen (secondary N) is 1. The van der Waals surface area contributed by atoms with Gasteiger partial charge in [-0.05, 0) is 18.6 Å². The van der Waals surface area contributed by atoms with Crippen LogP contribution in [0.25, 0.3) is 10.9 Å². The number of aromatic nitrogens is 2. The van der Waals surface area contributed by atoms with Gasteiger partial charge in [0.05, 0.1) is 31.7 Å². The summed E-state index contributed by atoms with van der Waals surface area (Å²) in [6.45, 7) is 1.75. The minimum Gasteiger partial charge on any atom is -0.506 e. The maximum Gasteiger partial charge on any atom is 0.296 e. The number of aromatic hydroxyl groups is 1. The number of Topliss-reactive ketones (excluding diaryl/α,β-unsaturated/α-hetero) is 1. The van der Waals surface area contributed by atoms with E-state index in [-0.39, 0.29) is 39.3 Å². The first kappa shape index (κ1) is 23.2. The van der Waals surface area contributed by atoms with Crippen molar-refractivity contribution in [3.63, 3.8) is 0 Å². The number of hydrogen-bond donors (Lipinski definition) is 2. The van der Waals surface area contributed by atoms with Gasteiger partial charge in [-0.1, -0.05) is 47.5 Å². The summed E-state index contributed by atoms with van der Waals surface area (Å²) < 4.78 is 1.56. The zero-order chi connectivity index (χ0) is 24.6. The number of amides is 1.